The first kappa shape index (κ1) is 20.8. The lowest BCUT2D eigenvalue weighted by atomic mass is 9.71. The van der Waals surface area contributed by atoms with Gasteiger partial charge in [0, 0.05) is 16.1 Å². The Kier molecular flexibility index (Phi) is 7.84. The van der Waals surface area contributed by atoms with E-state index in [-0.39, 0.29) is 36.9 Å². The lowest BCUT2D eigenvalue weighted by Gasteiger charge is -2.43. The number of benzene rings is 1. The fourth-order valence-electron chi connectivity index (χ4n) is 3.85. The molecule has 3 N–H and O–H groups in total. The molecule has 1 amide bonds. The van der Waals surface area contributed by atoms with E-state index >= 15 is 0 Å². The molecule has 0 spiro atoms. The quantitative estimate of drug-likeness (QED) is 0.702. The molecular formula is C18H25Cl3N2O2. The fourth-order valence-corrected chi connectivity index (χ4v) is 4.38. The van der Waals surface area contributed by atoms with Crippen molar-refractivity contribution in [1.29, 1.82) is 0 Å². The third-order valence-corrected chi connectivity index (χ3v) is 5.98. The molecule has 1 aromatic rings. The van der Waals surface area contributed by atoms with Crippen molar-refractivity contribution >= 4 is 41.5 Å². The average Bonchev–Trinajstić information content (AvgIpc) is 2.54. The Morgan fingerprint density at radius 1 is 1.20 bits per heavy atom. The van der Waals surface area contributed by atoms with Crippen molar-refractivity contribution in [1.82, 2.24) is 10.6 Å². The van der Waals surface area contributed by atoms with Gasteiger partial charge < -0.3 is 15.7 Å². The van der Waals surface area contributed by atoms with Crippen molar-refractivity contribution in [3.05, 3.63) is 33.8 Å². The van der Waals surface area contributed by atoms with Crippen LogP contribution in [-0.2, 0) is 11.2 Å². The second-order valence-corrected chi connectivity index (χ2v) is 7.76. The predicted molar refractivity (Wildman–Crippen MR) is 104 cm³/mol. The Labute approximate surface area is 165 Å². The lowest BCUT2D eigenvalue weighted by Crippen LogP contribution is -2.53. The van der Waals surface area contributed by atoms with Crippen LogP contribution >= 0.6 is 35.6 Å². The number of halogens is 3. The molecule has 0 bridgehead atoms. The van der Waals surface area contributed by atoms with Crippen LogP contribution in [0.3, 0.4) is 0 Å². The van der Waals surface area contributed by atoms with Gasteiger partial charge in [-0.15, -0.1) is 12.4 Å². The van der Waals surface area contributed by atoms with Gasteiger partial charge in [-0.05, 0) is 68.3 Å². The Bertz CT molecular complexity index is 567. The number of amides is 1. The monoisotopic (exact) mass is 406 g/mol. The highest BCUT2D eigenvalue weighted by molar-refractivity contribution is 6.36. The summed E-state index contributed by atoms with van der Waals surface area (Å²) in [4.78, 5) is 12.6. The summed E-state index contributed by atoms with van der Waals surface area (Å²) >= 11 is 12.3. The third-order valence-electron chi connectivity index (χ3n) is 5.28. The predicted octanol–water partition coefficient (Wildman–Crippen LogP) is 3.21. The molecule has 1 atom stereocenters. The molecule has 4 nitrogen and oxygen atoms in total. The molecule has 2 fully saturated rings. The van der Waals surface area contributed by atoms with Crippen LogP contribution in [0.25, 0.3) is 0 Å². The van der Waals surface area contributed by atoms with Crippen LogP contribution in [0.4, 0.5) is 0 Å². The van der Waals surface area contributed by atoms with E-state index in [1.807, 2.05) is 0 Å². The maximum atomic E-state index is 12.6. The SMILES string of the molecule is Cl.O=C(Cc1c(Cl)cccc1Cl)NC(C1CCNCC1)C1CC(O)C1. The van der Waals surface area contributed by atoms with Crippen molar-refractivity contribution in [3.63, 3.8) is 0 Å². The minimum Gasteiger partial charge on any atom is -0.393 e. The molecule has 7 heteroatoms. The van der Waals surface area contributed by atoms with Gasteiger partial charge in [-0.3, -0.25) is 4.79 Å². The molecule has 2 aliphatic rings. The van der Waals surface area contributed by atoms with Gasteiger partial charge in [0.2, 0.25) is 5.91 Å². The van der Waals surface area contributed by atoms with Crippen molar-refractivity contribution in [2.24, 2.45) is 11.8 Å². The smallest absolute Gasteiger partial charge is 0.224 e. The van der Waals surface area contributed by atoms with Gasteiger partial charge in [0.1, 0.15) is 0 Å². The summed E-state index contributed by atoms with van der Waals surface area (Å²) in [7, 11) is 0. The van der Waals surface area contributed by atoms with E-state index < -0.39 is 0 Å². The van der Waals surface area contributed by atoms with Crippen LogP contribution in [-0.4, -0.2) is 36.2 Å². The standard InChI is InChI=1S/C18H24Cl2N2O2.ClH/c19-15-2-1-3-16(20)14(15)10-17(24)22-18(12-8-13(23)9-12)11-4-6-21-7-5-11;/h1-3,11-13,18,21,23H,4-10H2,(H,22,24);1H. The molecule has 1 aliphatic carbocycles. The van der Waals surface area contributed by atoms with Gasteiger partial charge in [0.25, 0.3) is 0 Å². The molecule has 1 saturated heterocycles. The Hall–Kier alpha value is -0.520. The van der Waals surface area contributed by atoms with Crippen LogP contribution in [0.15, 0.2) is 18.2 Å². The molecule has 1 aromatic carbocycles. The van der Waals surface area contributed by atoms with E-state index in [4.69, 9.17) is 23.2 Å². The van der Waals surface area contributed by atoms with Gasteiger partial charge in [0.05, 0.1) is 12.5 Å². The Balaban J connectivity index is 0.00000225. The summed E-state index contributed by atoms with van der Waals surface area (Å²) in [5, 5.41) is 17.3. The highest BCUT2D eigenvalue weighted by Gasteiger charge is 2.39. The summed E-state index contributed by atoms with van der Waals surface area (Å²) in [5.74, 6) is 0.790. The Morgan fingerprint density at radius 2 is 1.80 bits per heavy atom. The molecule has 1 heterocycles. The first-order chi connectivity index (χ1) is 11.5. The molecule has 1 aliphatic heterocycles. The first-order valence-corrected chi connectivity index (χ1v) is 9.41. The van der Waals surface area contributed by atoms with E-state index in [9.17, 15) is 9.90 Å². The zero-order valence-electron chi connectivity index (χ0n) is 14.0. The Morgan fingerprint density at radius 3 is 2.36 bits per heavy atom. The average molecular weight is 408 g/mol. The summed E-state index contributed by atoms with van der Waals surface area (Å²) in [5.41, 5.74) is 0.677. The maximum absolute atomic E-state index is 12.6. The van der Waals surface area contributed by atoms with Crippen LogP contribution < -0.4 is 10.6 Å². The number of hydrogen-bond acceptors (Lipinski definition) is 3. The fraction of sp³-hybridized carbons (Fsp3) is 0.611. The number of aliphatic hydroxyl groups is 1. The number of rotatable bonds is 5. The number of nitrogens with one attached hydrogen (secondary N) is 2. The van der Waals surface area contributed by atoms with E-state index in [0.717, 1.165) is 38.8 Å². The van der Waals surface area contributed by atoms with Gasteiger partial charge in [0.15, 0.2) is 0 Å². The summed E-state index contributed by atoms with van der Waals surface area (Å²) < 4.78 is 0. The molecule has 3 rings (SSSR count). The topological polar surface area (TPSA) is 61.4 Å². The zero-order chi connectivity index (χ0) is 17.1. The van der Waals surface area contributed by atoms with Gasteiger partial charge >= 0.3 is 0 Å². The van der Waals surface area contributed by atoms with Crippen LogP contribution in [0.1, 0.15) is 31.2 Å². The van der Waals surface area contributed by atoms with Gasteiger partial charge in [-0.2, -0.15) is 0 Å². The number of carbonyl (C=O) groups excluding carboxylic acids is 1. The summed E-state index contributed by atoms with van der Waals surface area (Å²) in [6.07, 6.45) is 3.65. The molecule has 0 radical (unpaired) electrons. The van der Waals surface area contributed by atoms with Crippen LogP contribution in [0.5, 0.6) is 0 Å². The molecule has 1 saturated carbocycles. The van der Waals surface area contributed by atoms with Crippen molar-refractivity contribution in [2.45, 2.75) is 44.2 Å². The summed E-state index contributed by atoms with van der Waals surface area (Å²) in [6, 6.07) is 5.41. The highest BCUT2D eigenvalue weighted by Crippen LogP contribution is 2.36. The molecule has 1 unspecified atom stereocenters. The number of piperidine rings is 1. The number of aliphatic hydroxyl groups excluding tert-OH is 1. The molecule has 0 aromatic heterocycles. The van der Waals surface area contributed by atoms with Crippen LogP contribution in [0.2, 0.25) is 10.0 Å². The van der Waals surface area contributed by atoms with E-state index in [0.29, 0.717) is 27.4 Å². The minimum absolute atomic E-state index is 0. The van der Waals surface area contributed by atoms with Gasteiger partial charge in [-0.25, -0.2) is 0 Å². The van der Waals surface area contributed by atoms with E-state index in [2.05, 4.69) is 10.6 Å². The molecular weight excluding hydrogens is 383 g/mol. The van der Waals surface area contributed by atoms with E-state index in [1.54, 1.807) is 18.2 Å². The summed E-state index contributed by atoms with van der Waals surface area (Å²) in [6.45, 7) is 1.98. The van der Waals surface area contributed by atoms with Crippen molar-refractivity contribution in [2.75, 3.05) is 13.1 Å². The second kappa shape index (κ2) is 9.43. The highest BCUT2D eigenvalue weighted by atomic mass is 35.5. The molecule has 140 valence electrons. The third kappa shape index (κ3) is 5.24. The van der Waals surface area contributed by atoms with Crippen LogP contribution in [0, 0.1) is 11.8 Å². The normalized spacial score (nSPS) is 24.8. The molecule has 25 heavy (non-hydrogen) atoms. The van der Waals surface area contributed by atoms with Crippen molar-refractivity contribution in [3.8, 4) is 0 Å². The minimum atomic E-state index is -0.214. The largest absolute Gasteiger partial charge is 0.393 e. The van der Waals surface area contributed by atoms with Gasteiger partial charge in [-0.1, -0.05) is 29.3 Å². The maximum Gasteiger partial charge on any atom is 0.224 e. The lowest BCUT2D eigenvalue weighted by molar-refractivity contribution is -0.123. The first-order valence-electron chi connectivity index (χ1n) is 8.65. The second-order valence-electron chi connectivity index (χ2n) is 6.94. The van der Waals surface area contributed by atoms with Crippen molar-refractivity contribution < 1.29 is 9.90 Å². The number of carbonyl (C=O) groups is 1. The van der Waals surface area contributed by atoms with E-state index in [1.165, 1.54) is 0 Å². The number of hydrogen-bond donors (Lipinski definition) is 3. The zero-order valence-corrected chi connectivity index (χ0v) is 16.3.